The predicted octanol–water partition coefficient (Wildman–Crippen LogP) is 2.90. The van der Waals surface area contributed by atoms with Crippen molar-refractivity contribution in [1.29, 1.82) is 0 Å². The van der Waals surface area contributed by atoms with Crippen LogP contribution in [0.4, 0.5) is 0 Å². The second kappa shape index (κ2) is 6.17. The van der Waals surface area contributed by atoms with E-state index in [-0.39, 0.29) is 11.7 Å². The Hall–Kier alpha value is -2.13. The zero-order chi connectivity index (χ0) is 16.6. The Kier molecular flexibility index (Phi) is 4.22. The predicted molar refractivity (Wildman–Crippen MR) is 90.0 cm³/mol. The normalized spacial score (nSPS) is 10.8. The molecule has 0 radical (unpaired) electrons. The number of ether oxygens (including phenoxy) is 2. The quantitative estimate of drug-likeness (QED) is 0.677. The number of hydrogen-bond donors (Lipinski definition) is 0. The van der Waals surface area contributed by atoms with Gasteiger partial charge < -0.3 is 9.47 Å². The fourth-order valence-corrected chi connectivity index (χ4v) is 3.17. The largest absolute Gasteiger partial charge is 0.467 e. The minimum atomic E-state index is -0.318. The van der Waals surface area contributed by atoms with Crippen molar-refractivity contribution in [2.24, 2.45) is 7.05 Å². The number of rotatable bonds is 4. The van der Waals surface area contributed by atoms with E-state index in [0.29, 0.717) is 16.6 Å². The number of hydrogen-bond acceptors (Lipinski definition) is 6. The van der Waals surface area contributed by atoms with Gasteiger partial charge in [-0.3, -0.25) is 0 Å². The summed E-state index contributed by atoms with van der Waals surface area (Å²) < 4.78 is 14.5. The molecule has 0 aliphatic carbocycles. The lowest BCUT2D eigenvalue weighted by Gasteiger charge is -2.13. The summed E-state index contributed by atoms with van der Waals surface area (Å²) >= 11 is 4.70. The molecular weight excluding hydrogens is 384 g/mol. The standard InChI is InChI=1S/C14H13BrN4O3S/c1-8-5-4-6-9(22-13-16-7-10(15)23-13)11(8)19-12(21-3)17-18(2)14(19)20/h4-7H,1-3H3. The fraction of sp³-hybridized carbons (Fsp3) is 0.214. The Bertz CT molecular complexity index is 915. The third-order valence-electron chi connectivity index (χ3n) is 3.16. The van der Waals surface area contributed by atoms with Gasteiger partial charge in [0, 0.05) is 7.05 Å². The smallest absolute Gasteiger partial charge is 0.353 e. The molecule has 0 N–H and O–H groups in total. The van der Waals surface area contributed by atoms with E-state index in [1.54, 1.807) is 19.3 Å². The van der Waals surface area contributed by atoms with Gasteiger partial charge in [-0.2, -0.15) is 0 Å². The molecule has 120 valence electrons. The third-order valence-corrected chi connectivity index (χ3v) is 4.51. The molecule has 3 rings (SSSR count). The van der Waals surface area contributed by atoms with Crippen LogP contribution in [0, 0.1) is 6.92 Å². The van der Waals surface area contributed by atoms with E-state index >= 15 is 0 Å². The van der Waals surface area contributed by atoms with Crippen LogP contribution in [-0.2, 0) is 7.05 Å². The van der Waals surface area contributed by atoms with Gasteiger partial charge in [0.2, 0.25) is 0 Å². The van der Waals surface area contributed by atoms with Crippen LogP contribution in [0.25, 0.3) is 5.69 Å². The first-order valence-corrected chi connectivity index (χ1v) is 8.21. The van der Waals surface area contributed by atoms with E-state index in [0.717, 1.165) is 9.35 Å². The number of aryl methyl sites for hydroxylation is 2. The van der Waals surface area contributed by atoms with Crippen LogP contribution in [0.2, 0.25) is 0 Å². The second-order valence-electron chi connectivity index (χ2n) is 4.68. The van der Waals surface area contributed by atoms with Gasteiger partial charge in [0.15, 0.2) is 5.75 Å². The Morgan fingerprint density at radius 1 is 1.35 bits per heavy atom. The number of aromatic nitrogens is 4. The van der Waals surface area contributed by atoms with E-state index in [1.165, 1.54) is 27.7 Å². The zero-order valence-corrected chi connectivity index (χ0v) is 15.0. The maximum atomic E-state index is 12.4. The molecule has 1 aromatic carbocycles. The van der Waals surface area contributed by atoms with Crippen molar-refractivity contribution < 1.29 is 9.47 Å². The van der Waals surface area contributed by atoms with Gasteiger partial charge >= 0.3 is 11.7 Å². The SMILES string of the molecule is COc1nn(C)c(=O)n1-c1c(C)cccc1Oc1ncc(Br)s1. The number of nitrogens with zero attached hydrogens (tertiary/aromatic N) is 4. The van der Waals surface area contributed by atoms with Gasteiger partial charge in [-0.15, -0.1) is 5.10 Å². The average Bonchev–Trinajstić information content (AvgIpc) is 3.04. The van der Waals surface area contributed by atoms with E-state index in [1.807, 2.05) is 19.1 Å². The lowest BCUT2D eigenvalue weighted by atomic mass is 10.2. The zero-order valence-electron chi connectivity index (χ0n) is 12.6. The highest BCUT2D eigenvalue weighted by Crippen LogP contribution is 2.34. The molecule has 0 fully saturated rings. The highest BCUT2D eigenvalue weighted by Gasteiger charge is 2.20. The van der Waals surface area contributed by atoms with Gasteiger partial charge in [-0.25, -0.2) is 19.0 Å². The van der Waals surface area contributed by atoms with Crippen molar-refractivity contribution >= 4 is 27.3 Å². The molecule has 0 aliphatic heterocycles. The van der Waals surface area contributed by atoms with Gasteiger partial charge in [0.05, 0.1) is 17.1 Å². The second-order valence-corrected chi connectivity index (χ2v) is 7.05. The number of para-hydroxylation sites is 1. The molecule has 9 heteroatoms. The van der Waals surface area contributed by atoms with Crippen molar-refractivity contribution in [2.45, 2.75) is 6.92 Å². The molecule has 2 aromatic heterocycles. The molecule has 0 bridgehead atoms. The van der Waals surface area contributed by atoms with Crippen LogP contribution >= 0.6 is 27.3 Å². The Balaban J connectivity index is 2.18. The van der Waals surface area contributed by atoms with Crippen molar-refractivity contribution in [3.8, 4) is 22.6 Å². The van der Waals surface area contributed by atoms with E-state index in [2.05, 4.69) is 26.0 Å². The molecule has 0 unspecified atom stereocenters. The summed E-state index contributed by atoms with van der Waals surface area (Å²) in [6, 6.07) is 5.71. The maximum Gasteiger partial charge on any atom is 0.353 e. The first-order chi connectivity index (χ1) is 11.0. The third kappa shape index (κ3) is 2.89. The monoisotopic (exact) mass is 396 g/mol. The Morgan fingerprint density at radius 2 is 2.13 bits per heavy atom. The van der Waals surface area contributed by atoms with E-state index in [9.17, 15) is 4.79 Å². The Morgan fingerprint density at radius 3 is 2.78 bits per heavy atom. The van der Waals surface area contributed by atoms with Gasteiger partial charge in [0.25, 0.3) is 5.19 Å². The van der Waals surface area contributed by atoms with Crippen LogP contribution in [0.15, 0.2) is 33.0 Å². The van der Waals surface area contributed by atoms with Crippen LogP contribution in [0.1, 0.15) is 5.56 Å². The van der Waals surface area contributed by atoms with Crippen LogP contribution in [0.3, 0.4) is 0 Å². The fourth-order valence-electron chi connectivity index (χ4n) is 2.15. The lowest BCUT2D eigenvalue weighted by Crippen LogP contribution is -2.22. The summed E-state index contributed by atoms with van der Waals surface area (Å²) in [4.78, 5) is 16.6. The molecule has 2 heterocycles. The molecule has 0 atom stereocenters. The summed E-state index contributed by atoms with van der Waals surface area (Å²) in [5, 5.41) is 4.54. The highest BCUT2D eigenvalue weighted by atomic mass is 79.9. The average molecular weight is 397 g/mol. The molecule has 7 nitrogen and oxygen atoms in total. The number of thiazole rings is 1. The number of halogens is 1. The molecule has 0 saturated heterocycles. The molecule has 23 heavy (non-hydrogen) atoms. The first kappa shape index (κ1) is 15.8. The minimum absolute atomic E-state index is 0.192. The van der Waals surface area contributed by atoms with E-state index < -0.39 is 0 Å². The topological polar surface area (TPSA) is 71.2 Å². The number of benzene rings is 1. The molecule has 0 aliphatic rings. The molecule has 3 aromatic rings. The van der Waals surface area contributed by atoms with Crippen LogP contribution < -0.4 is 15.2 Å². The molecule has 0 saturated carbocycles. The van der Waals surface area contributed by atoms with Gasteiger partial charge in [0.1, 0.15) is 5.69 Å². The minimum Gasteiger partial charge on any atom is -0.467 e. The number of methoxy groups -OCH3 is 1. The van der Waals surface area contributed by atoms with Crippen molar-refractivity contribution in [1.82, 2.24) is 19.3 Å². The maximum absolute atomic E-state index is 12.4. The van der Waals surface area contributed by atoms with Crippen LogP contribution in [-0.4, -0.2) is 26.4 Å². The van der Waals surface area contributed by atoms with Gasteiger partial charge in [-0.05, 0) is 34.5 Å². The summed E-state index contributed by atoms with van der Waals surface area (Å²) in [6.07, 6.45) is 1.66. The molecule has 0 spiro atoms. The lowest BCUT2D eigenvalue weighted by molar-refractivity contribution is 0.366. The van der Waals surface area contributed by atoms with Crippen LogP contribution in [0.5, 0.6) is 17.0 Å². The van der Waals surface area contributed by atoms with E-state index in [4.69, 9.17) is 9.47 Å². The summed E-state index contributed by atoms with van der Waals surface area (Å²) in [5.74, 6) is 0.500. The summed E-state index contributed by atoms with van der Waals surface area (Å²) in [5.41, 5.74) is 1.11. The van der Waals surface area contributed by atoms with Gasteiger partial charge in [-0.1, -0.05) is 23.5 Å². The molecule has 0 amide bonds. The first-order valence-electron chi connectivity index (χ1n) is 6.60. The summed E-state index contributed by atoms with van der Waals surface area (Å²) in [7, 11) is 3.03. The Labute approximate surface area is 144 Å². The highest BCUT2D eigenvalue weighted by molar-refractivity contribution is 9.11. The summed E-state index contributed by atoms with van der Waals surface area (Å²) in [6.45, 7) is 1.89. The van der Waals surface area contributed by atoms with Crippen molar-refractivity contribution in [2.75, 3.05) is 7.11 Å². The van der Waals surface area contributed by atoms with Crippen molar-refractivity contribution in [3.05, 3.63) is 44.2 Å². The van der Waals surface area contributed by atoms with Crippen molar-refractivity contribution in [3.63, 3.8) is 0 Å². The molecular formula is C14H13BrN4O3S.